The van der Waals surface area contributed by atoms with E-state index in [0.29, 0.717) is 23.9 Å². The number of anilines is 4. The molecule has 0 spiro atoms. The number of carbonyl (C=O) groups excluding carboxylic acids is 1. The number of hydrogen-bond acceptors (Lipinski definition) is 7. The number of benzene rings is 1. The van der Waals surface area contributed by atoms with Crippen LogP contribution in [0, 0.1) is 6.92 Å². The van der Waals surface area contributed by atoms with Gasteiger partial charge in [0.25, 0.3) is 5.91 Å². The molecular formula is C20H20BrN5O2S. The Kier molecular flexibility index (Phi) is 6.08. The van der Waals surface area contributed by atoms with E-state index in [2.05, 4.69) is 41.4 Å². The van der Waals surface area contributed by atoms with Crippen molar-refractivity contribution in [3.63, 3.8) is 0 Å². The molecule has 0 atom stereocenters. The van der Waals surface area contributed by atoms with Gasteiger partial charge in [-0.05, 0) is 53.2 Å². The molecule has 0 aliphatic carbocycles. The fourth-order valence-corrected chi connectivity index (χ4v) is 4.30. The van der Waals surface area contributed by atoms with Crippen LogP contribution in [0.4, 0.5) is 23.0 Å². The SMILES string of the molecule is Cc1nc(Nc2ccc(NC(=O)c3cc(Br)cs3)cc2)cc(N2CCOCC2)n1. The summed E-state index contributed by atoms with van der Waals surface area (Å²) in [6.45, 7) is 4.95. The quantitative estimate of drug-likeness (QED) is 0.569. The summed E-state index contributed by atoms with van der Waals surface area (Å²) in [4.78, 5) is 24.1. The van der Waals surface area contributed by atoms with Crippen molar-refractivity contribution in [1.82, 2.24) is 9.97 Å². The number of nitrogens with one attached hydrogen (secondary N) is 2. The lowest BCUT2D eigenvalue weighted by Gasteiger charge is -2.28. The normalized spacial score (nSPS) is 13.9. The lowest BCUT2D eigenvalue weighted by molar-refractivity contribution is 0.103. The fourth-order valence-electron chi connectivity index (χ4n) is 2.98. The second-order valence-electron chi connectivity index (χ2n) is 6.54. The summed E-state index contributed by atoms with van der Waals surface area (Å²) in [6.07, 6.45) is 0. The smallest absolute Gasteiger partial charge is 0.265 e. The second kappa shape index (κ2) is 8.89. The molecule has 1 aromatic carbocycles. The van der Waals surface area contributed by atoms with Crippen LogP contribution in [-0.2, 0) is 4.74 Å². The predicted octanol–water partition coefficient (Wildman–Crippen LogP) is 4.44. The van der Waals surface area contributed by atoms with Crippen LogP contribution in [0.3, 0.4) is 0 Å². The molecule has 0 radical (unpaired) electrons. The monoisotopic (exact) mass is 473 g/mol. The number of aromatic nitrogens is 2. The number of rotatable bonds is 5. The molecule has 1 fully saturated rings. The Balaban J connectivity index is 1.43. The summed E-state index contributed by atoms with van der Waals surface area (Å²) in [6, 6.07) is 11.3. The van der Waals surface area contributed by atoms with Crippen molar-refractivity contribution in [2.24, 2.45) is 0 Å². The van der Waals surface area contributed by atoms with Crippen molar-refractivity contribution >= 4 is 56.2 Å². The highest BCUT2D eigenvalue weighted by atomic mass is 79.9. The second-order valence-corrected chi connectivity index (χ2v) is 8.37. The Bertz CT molecular complexity index is 1000. The Morgan fingerprint density at radius 1 is 1.14 bits per heavy atom. The number of hydrogen-bond donors (Lipinski definition) is 2. The lowest BCUT2D eigenvalue weighted by Crippen LogP contribution is -2.36. The number of morpholine rings is 1. The summed E-state index contributed by atoms with van der Waals surface area (Å²) in [7, 11) is 0. The van der Waals surface area contributed by atoms with Gasteiger partial charge in [-0.3, -0.25) is 4.79 Å². The minimum Gasteiger partial charge on any atom is -0.378 e. The minimum atomic E-state index is -0.122. The average molecular weight is 474 g/mol. The van der Waals surface area contributed by atoms with Gasteiger partial charge < -0.3 is 20.3 Å². The van der Waals surface area contributed by atoms with Crippen molar-refractivity contribution in [3.8, 4) is 0 Å². The number of thiophene rings is 1. The van der Waals surface area contributed by atoms with E-state index in [9.17, 15) is 4.79 Å². The minimum absolute atomic E-state index is 0.122. The maximum atomic E-state index is 12.3. The topological polar surface area (TPSA) is 79.4 Å². The van der Waals surface area contributed by atoms with Gasteiger partial charge in [0, 0.05) is 40.4 Å². The first-order chi connectivity index (χ1) is 14.1. The van der Waals surface area contributed by atoms with E-state index in [1.165, 1.54) is 11.3 Å². The molecule has 150 valence electrons. The van der Waals surface area contributed by atoms with E-state index in [0.717, 1.165) is 40.6 Å². The third-order valence-corrected chi connectivity index (χ3v) is 6.06. The third-order valence-electron chi connectivity index (χ3n) is 4.37. The number of carbonyl (C=O) groups is 1. The highest BCUT2D eigenvalue weighted by Gasteiger charge is 2.14. The van der Waals surface area contributed by atoms with Gasteiger partial charge in [0.05, 0.1) is 18.1 Å². The fraction of sp³-hybridized carbons (Fsp3) is 0.250. The maximum absolute atomic E-state index is 12.3. The zero-order chi connectivity index (χ0) is 20.2. The van der Waals surface area contributed by atoms with E-state index < -0.39 is 0 Å². The zero-order valence-corrected chi connectivity index (χ0v) is 18.2. The van der Waals surface area contributed by atoms with Crippen LogP contribution in [0.15, 0.2) is 46.3 Å². The number of amides is 1. The van der Waals surface area contributed by atoms with Crippen LogP contribution < -0.4 is 15.5 Å². The number of nitrogens with zero attached hydrogens (tertiary/aromatic N) is 3. The van der Waals surface area contributed by atoms with Crippen molar-refractivity contribution in [2.45, 2.75) is 6.92 Å². The van der Waals surface area contributed by atoms with Crippen LogP contribution in [-0.4, -0.2) is 42.2 Å². The van der Waals surface area contributed by atoms with Crippen molar-refractivity contribution < 1.29 is 9.53 Å². The van der Waals surface area contributed by atoms with Gasteiger partial charge >= 0.3 is 0 Å². The van der Waals surface area contributed by atoms with Gasteiger partial charge in [-0.2, -0.15) is 0 Å². The molecule has 2 aromatic heterocycles. The van der Waals surface area contributed by atoms with Gasteiger partial charge in [-0.1, -0.05) is 0 Å². The molecule has 4 rings (SSSR count). The molecule has 3 heterocycles. The first-order valence-corrected chi connectivity index (χ1v) is 10.8. The summed E-state index contributed by atoms with van der Waals surface area (Å²) in [5.74, 6) is 2.22. The van der Waals surface area contributed by atoms with Crippen molar-refractivity contribution in [2.75, 3.05) is 41.8 Å². The summed E-state index contributed by atoms with van der Waals surface area (Å²) in [5, 5.41) is 8.10. The van der Waals surface area contributed by atoms with Crippen LogP contribution in [0.5, 0.6) is 0 Å². The molecule has 29 heavy (non-hydrogen) atoms. The van der Waals surface area contributed by atoms with Gasteiger partial charge in [-0.15, -0.1) is 11.3 Å². The average Bonchev–Trinajstić information content (AvgIpc) is 3.16. The van der Waals surface area contributed by atoms with Crippen molar-refractivity contribution in [1.29, 1.82) is 0 Å². The standard InChI is InChI=1S/C20H20BrN5O2S/c1-13-22-18(11-19(23-13)26-6-8-28-9-7-26)24-15-2-4-16(5-3-15)25-20(27)17-10-14(21)12-29-17/h2-5,10-12H,6-9H2,1H3,(H,25,27)(H,22,23,24). The summed E-state index contributed by atoms with van der Waals surface area (Å²) >= 11 is 4.76. The van der Waals surface area contributed by atoms with Crippen molar-refractivity contribution in [3.05, 3.63) is 57.0 Å². The number of ether oxygens (including phenoxy) is 1. The van der Waals surface area contributed by atoms with Gasteiger partial charge in [0.2, 0.25) is 0 Å². The molecule has 2 N–H and O–H groups in total. The largest absolute Gasteiger partial charge is 0.378 e. The van der Waals surface area contributed by atoms with E-state index in [4.69, 9.17) is 4.74 Å². The predicted molar refractivity (Wildman–Crippen MR) is 119 cm³/mol. The maximum Gasteiger partial charge on any atom is 0.265 e. The Hall–Kier alpha value is -2.49. The molecule has 0 unspecified atom stereocenters. The number of aryl methyl sites for hydroxylation is 1. The van der Waals surface area contributed by atoms with E-state index in [1.807, 2.05) is 42.6 Å². The molecule has 1 aliphatic rings. The summed E-state index contributed by atoms with van der Waals surface area (Å²) in [5.41, 5.74) is 1.62. The van der Waals surface area contributed by atoms with E-state index >= 15 is 0 Å². The molecule has 0 bridgehead atoms. The zero-order valence-electron chi connectivity index (χ0n) is 15.8. The molecule has 1 saturated heterocycles. The molecule has 9 heteroatoms. The Morgan fingerprint density at radius 3 is 2.55 bits per heavy atom. The van der Waals surface area contributed by atoms with Gasteiger partial charge in [0.15, 0.2) is 0 Å². The molecule has 1 amide bonds. The van der Waals surface area contributed by atoms with Crippen LogP contribution in [0.2, 0.25) is 0 Å². The first-order valence-electron chi connectivity index (χ1n) is 9.18. The van der Waals surface area contributed by atoms with Gasteiger partial charge in [-0.25, -0.2) is 9.97 Å². The van der Waals surface area contributed by atoms with Gasteiger partial charge in [0.1, 0.15) is 17.5 Å². The molecular weight excluding hydrogens is 454 g/mol. The first kappa shape index (κ1) is 19.8. The Labute approximate surface area is 181 Å². The lowest BCUT2D eigenvalue weighted by atomic mass is 10.2. The molecule has 0 saturated carbocycles. The third kappa shape index (κ3) is 5.11. The highest BCUT2D eigenvalue weighted by molar-refractivity contribution is 9.10. The Morgan fingerprint density at radius 2 is 1.86 bits per heavy atom. The van der Waals surface area contributed by atoms with Crippen LogP contribution >= 0.6 is 27.3 Å². The van der Waals surface area contributed by atoms with E-state index in [-0.39, 0.29) is 5.91 Å². The number of halogens is 1. The van der Waals surface area contributed by atoms with Crippen LogP contribution in [0.25, 0.3) is 0 Å². The molecule has 3 aromatic rings. The highest BCUT2D eigenvalue weighted by Crippen LogP contribution is 2.23. The molecule has 1 aliphatic heterocycles. The summed E-state index contributed by atoms with van der Waals surface area (Å²) < 4.78 is 6.32. The van der Waals surface area contributed by atoms with Crippen LogP contribution in [0.1, 0.15) is 15.5 Å². The molecule has 7 nitrogen and oxygen atoms in total. The van der Waals surface area contributed by atoms with E-state index in [1.54, 1.807) is 6.07 Å².